The Balaban J connectivity index is 1.82. The third-order valence-electron chi connectivity index (χ3n) is 3.52. The van der Waals surface area contributed by atoms with Crippen molar-refractivity contribution in [2.45, 2.75) is 51.0 Å². The van der Waals surface area contributed by atoms with E-state index >= 15 is 0 Å². The Kier molecular flexibility index (Phi) is 4.01. The number of carbonyl (C=O) groups excluding carboxylic acids is 1. The molecule has 0 aromatic rings. The van der Waals surface area contributed by atoms with Gasteiger partial charge in [0.15, 0.2) is 0 Å². The molecule has 0 bridgehead atoms. The van der Waals surface area contributed by atoms with Crippen LogP contribution in [0.15, 0.2) is 0 Å². The zero-order valence-corrected chi connectivity index (χ0v) is 9.50. The average molecular weight is 210 g/mol. The smallest absolute Gasteiger partial charge is 0.222 e. The topological polar surface area (TPSA) is 32.3 Å². The van der Waals surface area contributed by atoms with Gasteiger partial charge in [-0.15, -0.1) is 0 Å². The predicted molar refractivity (Wildman–Crippen MR) is 60.7 cm³/mol. The first-order chi connectivity index (χ1) is 7.36. The van der Waals surface area contributed by atoms with Crippen LogP contribution in [0.2, 0.25) is 0 Å². The lowest BCUT2D eigenvalue weighted by molar-refractivity contribution is -0.131. The van der Waals surface area contributed by atoms with Crippen molar-refractivity contribution in [1.29, 1.82) is 0 Å². The van der Waals surface area contributed by atoms with E-state index in [2.05, 4.69) is 10.2 Å². The summed E-state index contributed by atoms with van der Waals surface area (Å²) in [6.45, 7) is 3.06. The molecule has 3 nitrogen and oxygen atoms in total. The van der Waals surface area contributed by atoms with E-state index in [4.69, 9.17) is 0 Å². The quantitative estimate of drug-likeness (QED) is 0.749. The number of piperidine rings is 1. The van der Waals surface area contributed by atoms with E-state index in [9.17, 15) is 4.79 Å². The Bertz CT molecular complexity index is 212. The number of likely N-dealkylation sites (tertiary alicyclic amines) is 1. The summed E-state index contributed by atoms with van der Waals surface area (Å²) in [7, 11) is 0. The molecule has 2 saturated heterocycles. The maximum absolute atomic E-state index is 11.8. The molecule has 0 radical (unpaired) electrons. The summed E-state index contributed by atoms with van der Waals surface area (Å²) in [5, 5.41) is 3.51. The molecule has 2 aliphatic heterocycles. The van der Waals surface area contributed by atoms with Gasteiger partial charge in [0.2, 0.25) is 5.91 Å². The largest absolute Gasteiger partial charge is 0.341 e. The minimum absolute atomic E-state index is 0.375. The van der Waals surface area contributed by atoms with E-state index in [1.165, 1.54) is 32.1 Å². The molecule has 2 aliphatic rings. The van der Waals surface area contributed by atoms with Crippen molar-refractivity contribution in [2.24, 2.45) is 0 Å². The van der Waals surface area contributed by atoms with E-state index in [0.29, 0.717) is 11.9 Å². The highest BCUT2D eigenvalue weighted by molar-refractivity contribution is 5.76. The van der Waals surface area contributed by atoms with Crippen LogP contribution in [-0.4, -0.2) is 36.5 Å². The van der Waals surface area contributed by atoms with Crippen molar-refractivity contribution in [3.05, 3.63) is 0 Å². The minimum Gasteiger partial charge on any atom is -0.341 e. The molecule has 86 valence electrons. The van der Waals surface area contributed by atoms with Crippen LogP contribution in [0, 0.1) is 0 Å². The first kappa shape index (κ1) is 10.9. The molecule has 0 aromatic heterocycles. The first-order valence-corrected chi connectivity index (χ1v) is 6.37. The molecule has 3 heteroatoms. The van der Waals surface area contributed by atoms with Gasteiger partial charge in [0.25, 0.3) is 0 Å². The van der Waals surface area contributed by atoms with Crippen LogP contribution in [-0.2, 0) is 4.79 Å². The van der Waals surface area contributed by atoms with Crippen molar-refractivity contribution in [3.8, 4) is 0 Å². The molecule has 0 saturated carbocycles. The maximum Gasteiger partial charge on any atom is 0.222 e. The Morgan fingerprint density at radius 2 is 2.13 bits per heavy atom. The highest BCUT2D eigenvalue weighted by Crippen LogP contribution is 2.14. The summed E-state index contributed by atoms with van der Waals surface area (Å²) in [5.74, 6) is 0.375. The Morgan fingerprint density at radius 3 is 2.93 bits per heavy atom. The Labute approximate surface area is 92.2 Å². The molecule has 0 spiro atoms. The Morgan fingerprint density at radius 1 is 1.20 bits per heavy atom. The standard InChI is InChI=1S/C12H22N2O/c15-12-7-2-1-5-9-14(12)10-11-6-3-4-8-13-11/h11,13H,1-10H2. The molecule has 2 fully saturated rings. The third-order valence-corrected chi connectivity index (χ3v) is 3.52. The maximum atomic E-state index is 11.8. The summed E-state index contributed by atoms with van der Waals surface area (Å²) in [4.78, 5) is 13.9. The van der Waals surface area contributed by atoms with E-state index in [1.54, 1.807) is 0 Å². The SMILES string of the molecule is O=C1CCCCCN1CC1CCCCN1. The number of carbonyl (C=O) groups is 1. The third kappa shape index (κ3) is 3.20. The number of hydrogen-bond donors (Lipinski definition) is 1. The highest BCUT2D eigenvalue weighted by atomic mass is 16.2. The fourth-order valence-corrected chi connectivity index (χ4v) is 2.58. The molecule has 1 amide bonds. The van der Waals surface area contributed by atoms with Crippen molar-refractivity contribution in [1.82, 2.24) is 10.2 Å². The molecular formula is C12H22N2O. The molecule has 0 aliphatic carbocycles. The second-order valence-electron chi connectivity index (χ2n) is 4.80. The first-order valence-electron chi connectivity index (χ1n) is 6.37. The van der Waals surface area contributed by atoms with Crippen LogP contribution >= 0.6 is 0 Å². The van der Waals surface area contributed by atoms with Crippen LogP contribution in [0.1, 0.15) is 44.9 Å². The number of amides is 1. The van der Waals surface area contributed by atoms with Gasteiger partial charge in [-0.05, 0) is 32.2 Å². The van der Waals surface area contributed by atoms with Gasteiger partial charge < -0.3 is 10.2 Å². The zero-order valence-electron chi connectivity index (χ0n) is 9.50. The van der Waals surface area contributed by atoms with Crippen LogP contribution in [0.3, 0.4) is 0 Å². The molecule has 2 rings (SSSR count). The van der Waals surface area contributed by atoms with Crippen LogP contribution in [0.5, 0.6) is 0 Å². The van der Waals surface area contributed by atoms with Gasteiger partial charge in [-0.1, -0.05) is 12.8 Å². The summed E-state index contributed by atoms with van der Waals surface area (Å²) in [6, 6.07) is 0.556. The Hall–Kier alpha value is -0.570. The monoisotopic (exact) mass is 210 g/mol. The van der Waals surface area contributed by atoms with E-state index in [1.807, 2.05) is 0 Å². The van der Waals surface area contributed by atoms with Crippen LogP contribution in [0.25, 0.3) is 0 Å². The van der Waals surface area contributed by atoms with Gasteiger partial charge in [0, 0.05) is 25.6 Å². The number of nitrogens with one attached hydrogen (secondary N) is 1. The predicted octanol–water partition coefficient (Wildman–Crippen LogP) is 1.53. The van der Waals surface area contributed by atoms with E-state index < -0.39 is 0 Å². The lowest BCUT2D eigenvalue weighted by Gasteiger charge is -2.29. The number of rotatable bonds is 2. The van der Waals surface area contributed by atoms with Crippen LogP contribution < -0.4 is 5.32 Å². The second kappa shape index (κ2) is 5.50. The summed E-state index contributed by atoms with van der Waals surface area (Å²) in [5.41, 5.74) is 0. The molecule has 15 heavy (non-hydrogen) atoms. The lowest BCUT2D eigenvalue weighted by Crippen LogP contribution is -2.45. The van der Waals surface area contributed by atoms with Crippen molar-refractivity contribution in [2.75, 3.05) is 19.6 Å². The molecular weight excluding hydrogens is 188 g/mol. The van der Waals surface area contributed by atoms with Gasteiger partial charge in [-0.3, -0.25) is 4.79 Å². The summed E-state index contributed by atoms with van der Waals surface area (Å²) < 4.78 is 0. The normalized spacial score (nSPS) is 28.9. The molecule has 1 atom stereocenters. The fraction of sp³-hybridized carbons (Fsp3) is 0.917. The zero-order chi connectivity index (χ0) is 10.5. The molecule has 0 aromatic carbocycles. The van der Waals surface area contributed by atoms with Crippen molar-refractivity contribution >= 4 is 5.91 Å². The minimum atomic E-state index is 0.375. The lowest BCUT2D eigenvalue weighted by atomic mass is 10.0. The van der Waals surface area contributed by atoms with Gasteiger partial charge in [-0.25, -0.2) is 0 Å². The summed E-state index contributed by atoms with van der Waals surface area (Å²) >= 11 is 0. The van der Waals surface area contributed by atoms with E-state index in [-0.39, 0.29) is 0 Å². The highest BCUT2D eigenvalue weighted by Gasteiger charge is 2.21. The van der Waals surface area contributed by atoms with Gasteiger partial charge in [-0.2, -0.15) is 0 Å². The molecule has 2 heterocycles. The van der Waals surface area contributed by atoms with Crippen LogP contribution in [0.4, 0.5) is 0 Å². The molecule has 1 unspecified atom stereocenters. The molecule has 1 N–H and O–H groups in total. The fourth-order valence-electron chi connectivity index (χ4n) is 2.58. The van der Waals surface area contributed by atoms with Gasteiger partial charge in [0.05, 0.1) is 0 Å². The number of nitrogens with zero attached hydrogens (tertiary/aromatic N) is 1. The van der Waals surface area contributed by atoms with E-state index in [0.717, 1.165) is 32.5 Å². The van der Waals surface area contributed by atoms with Gasteiger partial charge >= 0.3 is 0 Å². The van der Waals surface area contributed by atoms with Gasteiger partial charge in [0.1, 0.15) is 0 Å². The van der Waals surface area contributed by atoms with Crippen molar-refractivity contribution < 1.29 is 4.79 Å². The average Bonchev–Trinajstić information content (AvgIpc) is 2.46. The van der Waals surface area contributed by atoms with Crippen molar-refractivity contribution in [3.63, 3.8) is 0 Å². The second-order valence-corrected chi connectivity index (χ2v) is 4.80. The summed E-state index contributed by atoms with van der Waals surface area (Å²) in [6.07, 6.45) is 8.13. The number of hydrogen-bond acceptors (Lipinski definition) is 2.